The predicted molar refractivity (Wildman–Crippen MR) is 64.0 cm³/mol. The van der Waals surface area contributed by atoms with Gasteiger partial charge in [0.15, 0.2) is 0 Å². The molecule has 0 saturated heterocycles. The van der Waals surface area contributed by atoms with Crippen molar-refractivity contribution < 1.29 is 0 Å². The van der Waals surface area contributed by atoms with E-state index in [0.29, 0.717) is 6.54 Å². The van der Waals surface area contributed by atoms with Crippen molar-refractivity contribution in [3.05, 3.63) is 35.9 Å². The van der Waals surface area contributed by atoms with Crippen LogP contribution in [-0.2, 0) is 0 Å². The molecule has 2 aromatic heterocycles. The van der Waals surface area contributed by atoms with E-state index in [2.05, 4.69) is 15.0 Å². The molecule has 4 heteroatoms. The Morgan fingerprint density at radius 3 is 2.88 bits per heavy atom. The lowest BCUT2D eigenvalue weighted by Gasteiger charge is -2.09. The van der Waals surface area contributed by atoms with E-state index in [1.807, 2.05) is 38.2 Å². The van der Waals surface area contributed by atoms with Gasteiger partial charge >= 0.3 is 0 Å². The number of H-pyrrole nitrogens is 1. The van der Waals surface area contributed by atoms with Gasteiger partial charge in [0, 0.05) is 24.4 Å². The average molecular weight is 216 g/mol. The molecule has 2 heterocycles. The fraction of sp³-hybridized carbons (Fsp3) is 0.333. The molecule has 0 fully saturated rings. The molecule has 0 aliphatic rings. The van der Waals surface area contributed by atoms with Crippen molar-refractivity contribution >= 4 is 0 Å². The van der Waals surface area contributed by atoms with Gasteiger partial charge < -0.3 is 10.7 Å². The minimum Gasteiger partial charge on any atom is -0.360 e. The van der Waals surface area contributed by atoms with Crippen molar-refractivity contribution in [1.82, 2.24) is 15.0 Å². The maximum Gasteiger partial charge on any atom is 0.133 e. The summed E-state index contributed by atoms with van der Waals surface area (Å²) < 4.78 is 0. The highest BCUT2D eigenvalue weighted by atomic mass is 14.9. The fourth-order valence-corrected chi connectivity index (χ4v) is 1.54. The standard InChI is InChI=1S/C12H16N4/c1-8(7-13)12-15-9(2)6-11(16-12)10-4-3-5-14-10/h3-6,8,14H,7,13H2,1-2H3. The van der Waals surface area contributed by atoms with E-state index in [4.69, 9.17) is 5.73 Å². The van der Waals surface area contributed by atoms with Gasteiger partial charge in [0.2, 0.25) is 0 Å². The number of aromatic nitrogens is 3. The normalized spacial score (nSPS) is 12.7. The third kappa shape index (κ3) is 2.12. The summed E-state index contributed by atoms with van der Waals surface area (Å²) in [7, 11) is 0. The van der Waals surface area contributed by atoms with E-state index in [-0.39, 0.29) is 5.92 Å². The molecule has 2 rings (SSSR count). The smallest absolute Gasteiger partial charge is 0.133 e. The highest BCUT2D eigenvalue weighted by Crippen LogP contribution is 2.18. The lowest BCUT2D eigenvalue weighted by atomic mass is 10.1. The Hall–Kier alpha value is -1.68. The second-order valence-corrected chi connectivity index (χ2v) is 3.97. The van der Waals surface area contributed by atoms with Crippen molar-refractivity contribution in [2.45, 2.75) is 19.8 Å². The number of hydrogen-bond donors (Lipinski definition) is 2. The minimum absolute atomic E-state index is 0.189. The fourth-order valence-electron chi connectivity index (χ4n) is 1.54. The first-order valence-electron chi connectivity index (χ1n) is 5.40. The van der Waals surface area contributed by atoms with Crippen LogP contribution in [0.15, 0.2) is 24.4 Å². The van der Waals surface area contributed by atoms with Crippen molar-refractivity contribution in [3.8, 4) is 11.4 Å². The van der Waals surface area contributed by atoms with Gasteiger partial charge in [0.25, 0.3) is 0 Å². The van der Waals surface area contributed by atoms with Crippen LogP contribution in [0.4, 0.5) is 0 Å². The van der Waals surface area contributed by atoms with Crippen LogP contribution in [0.25, 0.3) is 11.4 Å². The van der Waals surface area contributed by atoms with Crippen LogP contribution in [0.1, 0.15) is 24.4 Å². The molecule has 0 bridgehead atoms. The van der Waals surface area contributed by atoms with Crippen LogP contribution in [-0.4, -0.2) is 21.5 Å². The Morgan fingerprint density at radius 1 is 1.44 bits per heavy atom. The first-order chi connectivity index (χ1) is 7.70. The summed E-state index contributed by atoms with van der Waals surface area (Å²) in [5.74, 6) is 1.00. The number of nitrogens with one attached hydrogen (secondary N) is 1. The summed E-state index contributed by atoms with van der Waals surface area (Å²) >= 11 is 0. The first kappa shape index (κ1) is 10.8. The number of nitrogens with zero attached hydrogens (tertiary/aromatic N) is 2. The molecule has 0 radical (unpaired) electrons. The molecule has 0 amide bonds. The van der Waals surface area contributed by atoms with E-state index in [9.17, 15) is 0 Å². The second kappa shape index (κ2) is 4.45. The summed E-state index contributed by atoms with van der Waals surface area (Å²) in [6.07, 6.45) is 1.89. The summed E-state index contributed by atoms with van der Waals surface area (Å²) in [6, 6.07) is 5.93. The van der Waals surface area contributed by atoms with Crippen LogP contribution in [0.2, 0.25) is 0 Å². The van der Waals surface area contributed by atoms with Gasteiger partial charge in [-0.15, -0.1) is 0 Å². The third-order valence-corrected chi connectivity index (χ3v) is 2.54. The zero-order valence-electron chi connectivity index (χ0n) is 9.57. The maximum absolute atomic E-state index is 5.64. The molecule has 0 aliphatic heterocycles. The average Bonchev–Trinajstić information content (AvgIpc) is 2.80. The molecule has 1 atom stereocenters. The van der Waals surface area contributed by atoms with E-state index < -0.39 is 0 Å². The van der Waals surface area contributed by atoms with Gasteiger partial charge in [-0.25, -0.2) is 9.97 Å². The molecule has 4 nitrogen and oxygen atoms in total. The summed E-state index contributed by atoms with van der Waals surface area (Å²) in [6.45, 7) is 4.57. The van der Waals surface area contributed by atoms with Crippen LogP contribution in [0.3, 0.4) is 0 Å². The molecule has 16 heavy (non-hydrogen) atoms. The van der Waals surface area contributed by atoms with Crippen molar-refractivity contribution in [3.63, 3.8) is 0 Å². The lowest BCUT2D eigenvalue weighted by Crippen LogP contribution is -2.13. The van der Waals surface area contributed by atoms with Gasteiger partial charge in [0.05, 0.1) is 11.4 Å². The Kier molecular flexibility index (Phi) is 3.01. The Bertz CT molecular complexity index is 462. The molecule has 84 valence electrons. The largest absolute Gasteiger partial charge is 0.360 e. The molecular formula is C12H16N4. The van der Waals surface area contributed by atoms with Gasteiger partial charge in [-0.3, -0.25) is 0 Å². The van der Waals surface area contributed by atoms with Crippen molar-refractivity contribution in [2.24, 2.45) is 5.73 Å². The molecule has 3 N–H and O–H groups in total. The van der Waals surface area contributed by atoms with E-state index in [1.165, 1.54) is 0 Å². The first-order valence-corrected chi connectivity index (χ1v) is 5.40. The van der Waals surface area contributed by atoms with Crippen LogP contribution >= 0.6 is 0 Å². The van der Waals surface area contributed by atoms with E-state index in [0.717, 1.165) is 22.9 Å². The molecular weight excluding hydrogens is 200 g/mol. The van der Waals surface area contributed by atoms with Gasteiger partial charge in [-0.05, 0) is 25.1 Å². The quantitative estimate of drug-likeness (QED) is 0.822. The molecule has 2 aromatic rings. The molecule has 1 unspecified atom stereocenters. The van der Waals surface area contributed by atoms with Crippen LogP contribution in [0.5, 0.6) is 0 Å². The number of aromatic amines is 1. The summed E-state index contributed by atoms with van der Waals surface area (Å²) in [5, 5.41) is 0. The van der Waals surface area contributed by atoms with E-state index >= 15 is 0 Å². The Labute approximate surface area is 94.9 Å². The topological polar surface area (TPSA) is 67.6 Å². The summed E-state index contributed by atoms with van der Waals surface area (Å²) in [4.78, 5) is 12.1. The highest BCUT2D eigenvalue weighted by molar-refractivity contribution is 5.54. The number of rotatable bonds is 3. The lowest BCUT2D eigenvalue weighted by molar-refractivity contribution is 0.708. The van der Waals surface area contributed by atoms with Crippen molar-refractivity contribution in [2.75, 3.05) is 6.54 Å². The predicted octanol–water partition coefficient (Wildman–Crippen LogP) is 1.84. The maximum atomic E-state index is 5.64. The summed E-state index contributed by atoms with van der Waals surface area (Å²) in [5.41, 5.74) is 8.54. The molecule has 0 aliphatic carbocycles. The van der Waals surface area contributed by atoms with E-state index in [1.54, 1.807) is 0 Å². The minimum atomic E-state index is 0.189. The third-order valence-electron chi connectivity index (χ3n) is 2.54. The molecule has 0 aromatic carbocycles. The zero-order valence-corrected chi connectivity index (χ0v) is 9.57. The zero-order chi connectivity index (χ0) is 11.5. The van der Waals surface area contributed by atoms with Gasteiger partial charge in [-0.2, -0.15) is 0 Å². The highest BCUT2D eigenvalue weighted by Gasteiger charge is 2.10. The number of hydrogen-bond acceptors (Lipinski definition) is 3. The molecule has 0 saturated carbocycles. The van der Waals surface area contributed by atoms with Crippen LogP contribution < -0.4 is 5.73 Å². The Morgan fingerprint density at radius 2 is 2.25 bits per heavy atom. The second-order valence-electron chi connectivity index (χ2n) is 3.97. The molecule has 0 spiro atoms. The Balaban J connectivity index is 2.44. The monoisotopic (exact) mass is 216 g/mol. The number of nitrogens with two attached hydrogens (primary N) is 1. The van der Waals surface area contributed by atoms with Gasteiger partial charge in [-0.1, -0.05) is 6.92 Å². The number of aryl methyl sites for hydroxylation is 1. The van der Waals surface area contributed by atoms with Gasteiger partial charge in [0.1, 0.15) is 5.82 Å². The van der Waals surface area contributed by atoms with Crippen LogP contribution in [0, 0.1) is 6.92 Å². The van der Waals surface area contributed by atoms with Crippen molar-refractivity contribution in [1.29, 1.82) is 0 Å². The SMILES string of the molecule is Cc1cc(-c2ccc[nH]2)nc(C(C)CN)n1.